The van der Waals surface area contributed by atoms with Gasteiger partial charge in [0.1, 0.15) is 6.61 Å². The molecular weight excluding hydrogens is 1100 g/mol. The number of nitrogens with zero attached hydrogens (tertiary/aromatic N) is 12. The molecule has 0 amide bonds. The number of β-amino-alcohol motifs (C(OH)–C–C–N with tert-alkyl or cyclic N) is 1. The van der Waals surface area contributed by atoms with Crippen LogP contribution in [0.25, 0.3) is 0 Å². The van der Waals surface area contributed by atoms with E-state index in [0.717, 1.165) is 95.7 Å². The van der Waals surface area contributed by atoms with E-state index in [1.165, 1.54) is 200 Å². The van der Waals surface area contributed by atoms with Gasteiger partial charge in [-0.15, -0.1) is 0 Å². The Morgan fingerprint density at radius 3 is 1.24 bits per heavy atom. The Bertz CT molecular complexity index is 1390. The molecule has 0 bridgehead atoms. The van der Waals surface area contributed by atoms with E-state index in [4.69, 9.17) is 15.1 Å². The number of carbonyl (C=O) groups is 1. The van der Waals surface area contributed by atoms with Crippen molar-refractivity contribution in [1.82, 2.24) is 53.9 Å². The highest BCUT2D eigenvalue weighted by Gasteiger charge is 2.18. The van der Waals surface area contributed by atoms with Crippen molar-refractivity contribution >= 4 is 12.2 Å². The molecule has 4 fully saturated rings. The molecule has 534 valence electrons. The number of esters is 1. The van der Waals surface area contributed by atoms with E-state index in [1.54, 1.807) is 6.21 Å². The van der Waals surface area contributed by atoms with Crippen molar-refractivity contribution in [3.05, 3.63) is 0 Å². The van der Waals surface area contributed by atoms with Crippen LogP contribution in [0.2, 0.25) is 0 Å². The van der Waals surface area contributed by atoms with Gasteiger partial charge < -0.3 is 53.9 Å². The Hall–Kier alpha value is -1.54. The summed E-state index contributed by atoms with van der Waals surface area (Å²) in [5, 5.41) is 17.5. The molecule has 4 aliphatic rings. The molecule has 16 heteroatoms. The summed E-state index contributed by atoms with van der Waals surface area (Å²) in [6, 6.07) is 1.50. The quantitative estimate of drug-likeness (QED) is 0.0234. The predicted octanol–water partition coefficient (Wildman–Crippen LogP) is 11.8. The van der Waals surface area contributed by atoms with Gasteiger partial charge in [0.15, 0.2) is 12.8 Å². The zero-order valence-corrected chi connectivity index (χ0v) is 64.2. The summed E-state index contributed by atoms with van der Waals surface area (Å²) in [5.74, 6) is 1.66. The number of hydrogen-bond acceptors (Lipinski definition) is 15. The topological polar surface area (TPSA) is 105 Å². The van der Waals surface area contributed by atoms with Gasteiger partial charge in [0.25, 0.3) is 0 Å². The minimum absolute atomic E-state index is 0.179. The van der Waals surface area contributed by atoms with Crippen molar-refractivity contribution in [3.63, 3.8) is 0 Å². The summed E-state index contributed by atoms with van der Waals surface area (Å²) in [7, 11) is 17.1. The molecule has 0 aromatic carbocycles. The molecule has 16 nitrogen and oxygen atoms in total. The van der Waals surface area contributed by atoms with Gasteiger partial charge in [-0.05, 0) is 190 Å². The first-order valence-corrected chi connectivity index (χ1v) is 36.6. The molecule has 4 rings (SSSR count). The Labute approximate surface area is 552 Å². The molecule has 0 aromatic rings. The first-order chi connectivity index (χ1) is 41.9. The van der Waals surface area contributed by atoms with Crippen LogP contribution in [0.15, 0.2) is 0 Å². The summed E-state index contributed by atoms with van der Waals surface area (Å²) in [4.78, 5) is 36.9. The average molecular weight is 1260 g/mol. The van der Waals surface area contributed by atoms with Gasteiger partial charge in [0.2, 0.25) is 0 Å². The lowest BCUT2D eigenvalue weighted by Crippen LogP contribution is -2.47. The normalized spacial score (nSPS) is 18.3. The number of unbranched alkanes of at least 4 members (excludes halogenated alkanes) is 5. The Morgan fingerprint density at radius 1 is 0.557 bits per heavy atom. The van der Waals surface area contributed by atoms with Crippen LogP contribution in [0.3, 0.4) is 0 Å². The maximum atomic E-state index is 10.6. The second kappa shape index (κ2) is 69.8. The maximum absolute atomic E-state index is 10.6. The van der Waals surface area contributed by atoms with Crippen LogP contribution in [0, 0.1) is 11.8 Å². The lowest BCUT2D eigenvalue weighted by Gasteiger charge is -2.34. The smallest absolute Gasteiger partial charge is 0.302 e. The predicted molar refractivity (Wildman–Crippen MR) is 390 cm³/mol. The van der Waals surface area contributed by atoms with Crippen molar-refractivity contribution < 1.29 is 24.6 Å². The fourth-order valence-electron chi connectivity index (χ4n) is 9.90. The van der Waals surface area contributed by atoms with Gasteiger partial charge in [-0.1, -0.05) is 122 Å². The molecule has 2 N–H and O–H groups in total. The summed E-state index contributed by atoms with van der Waals surface area (Å²) < 4.78 is 6.15. The van der Waals surface area contributed by atoms with Crippen molar-refractivity contribution in [1.29, 1.82) is 0 Å². The fraction of sp³-hybridized carbons (Fsp3) is 0.972. The number of piperazine rings is 3. The van der Waals surface area contributed by atoms with Gasteiger partial charge in [-0.3, -0.25) is 19.8 Å². The van der Waals surface area contributed by atoms with E-state index in [0.29, 0.717) is 13.2 Å². The third-order valence-electron chi connectivity index (χ3n) is 17.3. The number of ether oxygens (including phenoxy) is 1. The number of hydrogen-bond donors (Lipinski definition) is 2. The summed E-state index contributed by atoms with van der Waals surface area (Å²) in [5.41, 5.74) is 0. The second-order valence-electron chi connectivity index (χ2n) is 26.2. The molecule has 4 atom stereocenters. The fourth-order valence-corrected chi connectivity index (χ4v) is 9.90. The standard InChI is InChI=1S/C12H24N2O2.C10H22N2O.C9H20N2.C8H17N.C8H19N.C7H17N.C6H14NO.2C6H15N/c1-3-4-5-13-6-8-14(9-7-13)10-11-16-12(2)15;1-2-3-4-11-5-7-12(8-6-11)9-10-13;1-3-4-5-11-8-6-10(2)7-9-11;1-3-8-5-4-6-9(2)7-8;1-5-8(4)9(6-2)7-3;1-5-7(2)6-8(3)4;1-3-5-6-7(8)4-2;1-5-6(2)7(3)4;1-4-5-6-7(2)3/h3-11H2,1-2H3;13H,2-10H2,1H3;3-9H2,1-2H3;8H,3-7H2,1-2H3;8H,5-7H2,1-4H3;7H,5-6H2,1-4H3;4,8H,3,5-6H2,1-2H3;6H,5H2,1-4H3;4-6H2,1-3H3/q;;;;;;+1;;/b;;;;;;7-4+;;. The van der Waals surface area contributed by atoms with Crippen LogP contribution in [-0.2, 0) is 9.53 Å². The Balaban J connectivity index is -0.000000298. The van der Waals surface area contributed by atoms with Gasteiger partial charge in [-0.2, -0.15) is 0 Å². The summed E-state index contributed by atoms with van der Waals surface area (Å²) in [6.07, 6.45) is 22.4. The second-order valence-corrected chi connectivity index (χ2v) is 26.2. The molecule has 0 saturated carbocycles. The lowest BCUT2D eigenvalue weighted by atomic mass is 9.96. The van der Waals surface area contributed by atoms with Crippen LogP contribution in [0.4, 0.5) is 0 Å². The van der Waals surface area contributed by atoms with E-state index >= 15 is 0 Å². The molecule has 0 aliphatic carbocycles. The van der Waals surface area contributed by atoms with Crippen molar-refractivity contribution in [3.8, 4) is 0 Å². The first kappa shape index (κ1) is 95.2. The minimum Gasteiger partial charge on any atom is -0.465 e. The van der Waals surface area contributed by atoms with Crippen LogP contribution in [-0.4, -0.2) is 320 Å². The number of aliphatic hydroxyl groups is 1. The molecule has 4 aliphatic heterocycles. The zero-order chi connectivity index (χ0) is 67.9. The van der Waals surface area contributed by atoms with Crippen LogP contribution >= 0.6 is 0 Å². The highest BCUT2D eigenvalue weighted by atomic mass is 16.5. The third-order valence-corrected chi connectivity index (χ3v) is 17.3. The molecule has 4 saturated heterocycles. The largest absolute Gasteiger partial charge is 0.465 e. The van der Waals surface area contributed by atoms with Gasteiger partial charge in [0.05, 0.1) is 6.61 Å². The molecule has 4 unspecified atom stereocenters. The van der Waals surface area contributed by atoms with E-state index in [-0.39, 0.29) is 5.97 Å². The van der Waals surface area contributed by atoms with E-state index in [9.17, 15) is 4.79 Å². The average Bonchev–Trinajstić information content (AvgIpc) is 3.61. The Morgan fingerprint density at radius 2 is 0.977 bits per heavy atom. The Kier molecular flexibility index (Phi) is 75.5. The number of rotatable bonds is 30. The zero-order valence-electron chi connectivity index (χ0n) is 64.2. The van der Waals surface area contributed by atoms with Gasteiger partial charge in [0, 0.05) is 137 Å². The van der Waals surface area contributed by atoms with Gasteiger partial charge >= 0.3 is 5.97 Å². The number of piperidine rings is 1. The van der Waals surface area contributed by atoms with Crippen molar-refractivity contribution in [2.75, 3.05) is 227 Å². The molecule has 0 aromatic heterocycles. The van der Waals surface area contributed by atoms with Gasteiger partial charge in [-0.25, -0.2) is 0 Å². The number of hydroxylamine groups is 1. The summed E-state index contributed by atoms with van der Waals surface area (Å²) >= 11 is 0. The van der Waals surface area contributed by atoms with Crippen LogP contribution < -0.4 is 0 Å². The van der Waals surface area contributed by atoms with E-state index < -0.39 is 0 Å². The molecule has 4 heterocycles. The van der Waals surface area contributed by atoms with Crippen molar-refractivity contribution in [2.45, 2.75) is 226 Å². The van der Waals surface area contributed by atoms with E-state index in [1.807, 2.05) is 6.92 Å². The SMILES string of the molecule is C/C=[N+](/O)CCCC.CCC(C)CN(C)C.CCC(C)N(C)C.CCC(C)N(CC)CC.CCC1CCCN(C)C1.CCCCN(C)C.CCCCN1CCN(C)CC1.CCCCN1CCN(CCO)CC1.CCCCN1CCN(CCOC(C)=O)CC1. The molecule has 0 radical (unpaired) electrons. The third kappa shape index (κ3) is 67.4. The maximum Gasteiger partial charge on any atom is 0.302 e. The molecular formula is C72H163N12O4+. The van der Waals surface area contributed by atoms with Crippen molar-refractivity contribution in [2.24, 2.45) is 11.8 Å². The summed E-state index contributed by atoms with van der Waals surface area (Å²) in [6.45, 7) is 63.3. The highest BCUT2D eigenvalue weighted by molar-refractivity contribution is 5.65. The molecule has 88 heavy (non-hydrogen) atoms. The number of likely N-dealkylation sites (tertiary alicyclic amines) is 1. The van der Waals surface area contributed by atoms with E-state index in [2.05, 4.69) is 207 Å². The van der Waals surface area contributed by atoms with Crippen LogP contribution in [0.5, 0.6) is 0 Å². The lowest BCUT2D eigenvalue weighted by molar-refractivity contribution is -0.771. The minimum atomic E-state index is -0.179. The first-order valence-electron chi connectivity index (χ1n) is 36.6. The van der Waals surface area contributed by atoms with Crippen LogP contribution in [0.1, 0.15) is 214 Å². The number of likely N-dealkylation sites (N-methyl/N-ethyl adjacent to an activating group) is 1. The number of aliphatic hydroxyl groups excluding tert-OH is 1. The highest BCUT2D eigenvalue weighted by Crippen LogP contribution is 2.17. The monoisotopic (exact) mass is 1260 g/mol. The number of carbonyl (C=O) groups excluding carboxylic acids is 1. The molecule has 0 spiro atoms.